The van der Waals surface area contributed by atoms with Crippen molar-refractivity contribution in [1.82, 2.24) is 9.88 Å². The van der Waals surface area contributed by atoms with Crippen LogP contribution < -0.4 is 4.90 Å². The van der Waals surface area contributed by atoms with Crippen molar-refractivity contribution in [3.63, 3.8) is 0 Å². The van der Waals surface area contributed by atoms with Crippen LogP contribution in [0.25, 0.3) is 0 Å². The van der Waals surface area contributed by atoms with Gasteiger partial charge in [-0.15, -0.1) is 0 Å². The first-order valence-electron chi connectivity index (χ1n) is 9.85. The van der Waals surface area contributed by atoms with Crippen LogP contribution >= 0.6 is 0 Å². The van der Waals surface area contributed by atoms with Gasteiger partial charge in [-0.1, -0.05) is 36.4 Å². The van der Waals surface area contributed by atoms with Crippen LogP contribution in [0.2, 0.25) is 0 Å². The molecule has 0 saturated carbocycles. The normalized spacial score (nSPS) is 20.1. The summed E-state index contributed by atoms with van der Waals surface area (Å²) in [6.07, 6.45) is 2.58. The van der Waals surface area contributed by atoms with Gasteiger partial charge in [-0.3, -0.25) is 14.6 Å². The minimum absolute atomic E-state index is 0.0236. The molecule has 3 aromatic rings. The maximum atomic E-state index is 13.2. The maximum Gasteiger partial charge on any atom is 0.258 e. The molecular formula is C24H21N3O2. The van der Waals surface area contributed by atoms with Gasteiger partial charge >= 0.3 is 0 Å². The highest BCUT2D eigenvalue weighted by atomic mass is 16.2. The number of aromatic nitrogens is 1. The van der Waals surface area contributed by atoms with Crippen LogP contribution in [0.15, 0.2) is 79.0 Å². The molecular weight excluding hydrogens is 362 g/mol. The summed E-state index contributed by atoms with van der Waals surface area (Å²) in [6, 6.07) is 22.5. The van der Waals surface area contributed by atoms with E-state index in [1.165, 1.54) is 0 Å². The summed E-state index contributed by atoms with van der Waals surface area (Å²) in [5.41, 5.74) is 2.82. The molecule has 1 aromatic heterocycles. The van der Waals surface area contributed by atoms with Crippen LogP contribution in [0.3, 0.4) is 0 Å². The first kappa shape index (κ1) is 17.6. The van der Waals surface area contributed by atoms with Gasteiger partial charge < -0.3 is 9.80 Å². The van der Waals surface area contributed by atoms with Crippen molar-refractivity contribution in [2.45, 2.75) is 11.8 Å². The van der Waals surface area contributed by atoms with E-state index >= 15 is 0 Å². The number of rotatable bonds is 2. The molecule has 1 unspecified atom stereocenters. The van der Waals surface area contributed by atoms with E-state index in [1.807, 2.05) is 82.6 Å². The van der Waals surface area contributed by atoms with Gasteiger partial charge in [0.25, 0.3) is 11.8 Å². The number of benzene rings is 2. The number of anilines is 1. The van der Waals surface area contributed by atoms with Crippen LogP contribution in [0.1, 0.15) is 32.8 Å². The second-order valence-electron chi connectivity index (χ2n) is 7.75. The Balaban J connectivity index is 1.46. The summed E-state index contributed by atoms with van der Waals surface area (Å²) in [5.74, 6) is 0.0114. The second-order valence-corrected chi connectivity index (χ2v) is 7.75. The summed E-state index contributed by atoms with van der Waals surface area (Å²) in [5, 5.41) is 0. The van der Waals surface area contributed by atoms with E-state index in [-0.39, 0.29) is 17.2 Å². The summed E-state index contributed by atoms with van der Waals surface area (Å²) in [6.45, 7) is 1.78. The number of hydrogen-bond acceptors (Lipinski definition) is 3. The van der Waals surface area contributed by atoms with Crippen LogP contribution in [-0.4, -0.2) is 41.3 Å². The highest BCUT2D eigenvalue weighted by molar-refractivity contribution is 6.07. The Morgan fingerprint density at radius 2 is 1.45 bits per heavy atom. The lowest BCUT2D eigenvalue weighted by Crippen LogP contribution is -2.40. The van der Waals surface area contributed by atoms with Gasteiger partial charge in [0.1, 0.15) is 0 Å². The Labute approximate surface area is 169 Å². The minimum atomic E-state index is -0.314. The van der Waals surface area contributed by atoms with Gasteiger partial charge in [0.05, 0.1) is 16.8 Å². The number of pyridine rings is 1. The van der Waals surface area contributed by atoms with Crippen molar-refractivity contribution in [3.8, 4) is 0 Å². The zero-order valence-electron chi connectivity index (χ0n) is 16.0. The Bertz CT molecular complexity index is 1070. The summed E-state index contributed by atoms with van der Waals surface area (Å²) >= 11 is 0. The summed E-state index contributed by atoms with van der Waals surface area (Å²) < 4.78 is 0. The van der Waals surface area contributed by atoms with Crippen molar-refractivity contribution >= 4 is 17.5 Å². The number of fused-ring (bicyclic) bond motifs is 2. The summed E-state index contributed by atoms with van der Waals surface area (Å²) in [7, 11) is 0. The fourth-order valence-electron chi connectivity index (χ4n) is 4.54. The average molecular weight is 383 g/mol. The zero-order valence-corrected chi connectivity index (χ0v) is 16.0. The SMILES string of the molecule is O=C(c1ccccc1)N1CCC2(C1)CN(C(=O)c1ccccc1)c1cccnc12. The maximum absolute atomic E-state index is 13.2. The monoisotopic (exact) mass is 383 g/mol. The number of hydrogen-bond donors (Lipinski definition) is 0. The van der Waals surface area contributed by atoms with Gasteiger partial charge in [0.2, 0.25) is 0 Å². The topological polar surface area (TPSA) is 53.5 Å². The first-order valence-corrected chi connectivity index (χ1v) is 9.85. The molecule has 2 aliphatic heterocycles. The molecule has 0 radical (unpaired) electrons. The lowest BCUT2D eigenvalue weighted by molar-refractivity contribution is 0.0784. The van der Waals surface area contributed by atoms with Gasteiger partial charge in [0, 0.05) is 37.0 Å². The van der Waals surface area contributed by atoms with Gasteiger partial charge in [0.15, 0.2) is 0 Å². The van der Waals surface area contributed by atoms with Crippen molar-refractivity contribution in [1.29, 1.82) is 0 Å². The molecule has 1 spiro atoms. The molecule has 1 atom stereocenters. The minimum Gasteiger partial charge on any atom is -0.338 e. The summed E-state index contributed by atoms with van der Waals surface area (Å²) in [4.78, 5) is 34.5. The molecule has 5 nitrogen and oxygen atoms in total. The standard InChI is InChI=1S/C24H21N3O2/c28-22(18-8-3-1-4-9-18)26-15-13-24(16-26)17-27(20-12-7-14-25-21(20)24)23(29)19-10-5-2-6-11-19/h1-12,14H,13,15-17H2. The molecule has 2 aliphatic rings. The van der Waals surface area contributed by atoms with Crippen molar-refractivity contribution in [3.05, 3.63) is 95.8 Å². The third kappa shape index (κ3) is 2.90. The van der Waals surface area contributed by atoms with Crippen LogP contribution in [0.5, 0.6) is 0 Å². The van der Waals surface area contributed by atoms with Crippen LogP contribution in [-0.2, 0) is 5.41 Å². The molecule has 0 bridgehead atoms. The number of amides is 2. The number of carbonyl (C=O) groups excluding carboxylic acids is 2. The molecule has 1 fully saturated rings. The van der Waals surface area contributed by atoms with E-state index in [0.29, 0.717) is 30.8 Å². The molecule has 29 heavy (non-hydrogen) atoms. The fraction of sp³-hybridized carbons (Fsp3) is 0.208. The van der Waals surface area contributed by atoms with E-state index in [1.54, 1.807) is 6.20 Å². The Morgan fingerprint density at radius 3 is 2.14 bits per heavy atom. The predicted molar refractivity (Wildman–Crippen MR) is 111 cm³/mol. The molecule has 0 aliphatic carbocycles. The molecule has 0 N–H and O–H groups in total. The Morgan fingerprint density at radius 1 is 0.793 bits per heavy atom. The van der Waals surface area contributed by atoms with E-state index < -0.39 is 0 Å². The van der Waals surface area contributed by atoms with E-state index in [4.69, 9.17) is 0 Å². The van der Waals surface area contributed by atoms with Gasteiger partial charge in [-0.25, -0.2) is 0 Å². The lowest BCUT2D eigenvalue weighted by Gasteiger charge is -2.25. The van der Waals surface area contributed by atoms with Crippen molar-refractivity contribution < 1.29 is 9.59 Å². The van der Waals surface area contributed by atoms with Crippen LogP contribution in [0, 0.1) is 0 Å². The molecule has 1 saturated heterocycles. The van der Waals surface area contributed by atoms with Gasteiger partial charge in [-0.2, -0.15) is 0 Å². The quantitative estimate of drug-likeness (QED) is 0.680. The third-order valence-corrected chi connectivity index (χ3v) is 5.97. The molecule has 144 valence electrons. The van der Waals surface area contributed by atoms with Crippen molar-refractivity contribution in [2.24, 2.45) is 0 Å². The fourth-order valence-corrected chi connectivity index (χ4v) is 4.54. The first-order chi connectivity index (χ1) is 14.2. The third-order valence-electron chi connectivity index (χ3n) is 5.97. The van der Waals surface area contributed by atoms with Gasteiger partial charge in [-0.05, 0) is 42.8 Å². The number of carbonyl (C=O) groups is 2. The van der Waals surface area contributed by atoms with E-state index in [0.717, 1.165) is 17.8 Å². The zero-order chi connectivity index (χ0) is 19.8. The molecule has 5 heteroatoms. The molecule has 3 heterocycles. The lowest BCUT2D eigenvalue weighted by atomic mass is 9.85. The van der Waals surface area contributed by atoms with Crippen molar-refractivity contribution in [2.75, 3.05) is 24.5 Å². The smallest absolute Gasteiger partial charge is 0.258 e. The number of nitrogens with zero attached hydrogens (tertiary/aromatic N) is 3. The molecule has 2 aromatic carbocycles. The number of likely N-dealkylation sites (tertiary alicyclic amines) is 1. The highest BCUT2D eigenvalue weighted by Gasteiger charge is 2.51. The van der Waals surface area contributed by atoms with Crippen LogP contribution in [0.4, 0.5) is 5.69 Å². The Kier molecular flexibility index (Phi) is 4.16. The largest absolute Gasteiger partial charge is 0.338 e. The molecule has 2 amide bonds. The van der Waals surface area contributed by atoms with E-state index in [2.05, 4.69) is 4.98 Å². The van der Waals surface area contributed by atoms with E-state index in [9.17, 15) is 9.59 Å². The average Bonchev–Trinajstić information content (AvgIpc) is 3.36. The molecule has 5 rings (SSSR count). The predicted octanol–water partition coefficient (Wildman–Crippen LogP) is 3.53. The highest BCUT2D eigenvalue weighted by Crippen LogP contribution is 2.45. The second kappa shape index (κ2) is 6.85. The Hall–Kier alpha value is -3.47.